The Morgan fingerprint density at radius 2 is 1.87 bits per heavy atom. The van der Waals surface area contributed by atoms with Crippen molar-refractivity contribution in [1.82, 2.24) is 4.98 Å². The van der Waals surface area contributed by atoms with Crippen LogP contribution in [0.1, 0.15) is 22.8 Å². The van der Waals surface area contributed by atoms with E-state index in [2.05, 4.69) is 17.2 Å². The first-order chi connectivity index (χ1) is 14.5. The fourth-order valence-corrected chi connectivity index (χ4v) is 3.72. The van der Waals surface area contributed by atoms with Crippen molar-refractivity contribution >= 4 is 45.9 Å². The molecular weight excluding hydrogens is 423 g/mol. The van der Waals surface area contributed by atoms with Crippen LogP contribution in [-0.4, -0.2) is 18.0 Å². The zero-order chi connectivity index (χ0) is 21.3. The second kappa shape index (κ2) is 8.38. The third kappa shape index (κ3) is 3.99. The fourth-order valence-electron chi connectivity index (χ4n) is 3.15. The summed E-state index contributed by atoms with van der Waals surface area (Å²) in [4.78, 5) is 17.3. The van der Waals surface area contributed by atoms with Crippen molar-refractivity contribution in [3.63, 3.8) is 0 Å². The number of hydrogen-bond donors (Lipinski definition) is 1. The molecule has 0 saturated heterocycles. The lowest BCUT2D eigenvalue weighted by Crippen LogP contribution is -2.13. The first-order valence-electron chi connectivity index (χ1n) is 9.32. The molecule has 0 fully saturated rings. The molecule has 0 bridgehead atoms. The van der Waals surface area contributed by atoms with Crippen molar-refractivity contribution in [3.8, 4) is 17.2 Å². The van der Waals surface area contributed by atoms with E-state index in [0.717, 1.165) is 23.1 Å². The van der Waals surface area contributed by atoms with Gasteiger partial charge in [0.15, 0.2) is 5.58 Å². The molecule has 1 heterocycles. The number of carbonyl (C=O) groups is 1. The van der Waals surface area contributed by atoms with Crippen molar-refractivity contribution in [2.45, 2.75) is 13.3 Å². The van der Waals surface area contributed by atoms with Crippen LogP contribution in [0, 0.1) is 0 Å². The highest BCUT2D eigenvalue weighted by Gasteiger charge is 2.17. The molecule has 3 aromatic carbocycles. The number of aryl methyl sites for hydroxylation is 1. The van der Waals surface area contributed by atoms with E-state index in [0.29, 0.717) is 16.6 Å². The standard InChI is InChI=1S/C23H18Cl2N2O3/c1-3-13-4-9-20-19(10-13)27-23(30-20)14-5-7-16(8-6-14)26-22(28)17-11-15(24)12-18(25)21(17)29-2/h4-12H,3H2,1-2H3,(H,26,28). The summed E-state index contributed by atoms with van der Waals surface area (Å²) in [5.41, 5.74) is 4.44. The number of oxazole rings is 1. The van der Waals surface area contributed by atoms with Crippen molar-refractivity contribution in [3.05, 3.63) is 75.8 Å². The molecule has 7 heteroatoms. The first-order valence-corrected chi connectivity index (χ1v) is 10.1. The van der Waals surface area contributed by atoms with Gasteiger partial charge < -0.3 is 14.5 Å². The number of rotatable bonds is 5. The van der Waals surface area contributed by atoms with Crippen LogP contribution < -0.4 is 10.1 Å². The molecule has 0 saturated carbocycles. The van der Waals surface area contributed by atoms with Gasteiger partial charge in [-0.15, -0.1) is 0 Å². The van der Waals surface area contributed by atoms with Gasteiger partial charge in [0, 0.05) is 16.3 Å². The molecule has 0 atom stereocenters. The number of halogens is 2. The molecule has 152 valence electrons. The number of fused-ring (bicyclic) bond motifs is 1. The van der Waals surface area contributed by atoms with E-state index in [1.165, 1.54) is 24.8 Å². The highest BCUT2D eigenvalue weighted by atomic mass is 35.5. The smallest absolute Gasteiger partial charge is 0.259 e. The van der Waals surface area contributed by atoms with Crippen LogP contribution in [0.4, 0.5) is 5.69 Å². The van der Waals surface area contributed by atoms with Gasteiger partial charge in [-0.05, 0) is 60.5 Å². The molecule has 0 spiro atoms. The highest BCUT2D eigenvalue weighted by Crippen LogP contribution is 2.33. The Hall–Kier alpha value is -3.02. The molecule has 1 amide bonds. The second-order valence-electron chi connectivity index (χ2n) is 6.67. The topological polar surface area (TPSA) is 64.4 Å². The molecule has 0 aliphatic rings. The maximum Gasteiger partial charge on any atom is 0.259 e. The van der Waals surface area contributed by atoms with E-state index in [9.17, 15) is 4.79 Å². The lowest BCUT2D eigenvalue weighted by Gasteiger charge is -2.11. The van der Waals surface area contributed by atoms with Gasteiger partial charge in [-0.25, -0.2) is 4.98 Å². The summed E-state index contributed by atoms with van der Waals surface area (Å²) in [6, 6.07) is 16.3. The minimum Gasteiger partial charge on any atom is -0.494 e. The molecule has 5 nitrogen and oxygen atoms in total. The van der Waals surface area contributed by atoms with Crippen LogP contribution in [0.25, 0.3) is 22.6 Å². The molecule has 0 aliphatic heterocycles. The Morgan fingerprint density at radius 3 is 2.57 bits per heavy atom. The number of aromatic nitrogens is 1. The van der Waals surface area contributed by atoms with E-state index in [-0.39, 0.29) is 22.2 Å². The molecule has 0 radical (unpaired) electrons. The van der Waals surface area contributed by atoms with Crippen LogP contribution >= 0.6 is 23.2 Å². The molecule has 4 aromatic rings. The van der Waals surface area contributed by atoms with Crippen LogP contribution in [0.5, 0.6) is 5.75 Å². The van der Waals surface area contributed by atoms with E-state index in [1.54, 1.807) is 12.1 Å². The Balaban J connectivity index is 1.56. The summed E-state index contributed by atoms with van der Waals surface area (Å²) in [6.45, 7) is 2.10. The normalized spacial score (nSPS) is 10.9. The number of nitrogens with one attached hydrogen (secondary N) is 1. The number of carbonyl (C=O) groups excluding carboxylic acids is 1. The molecule has 0 aliphatic carbocycles. The predicted molar refractivity (Wildman–Crippen MR) is 120 cm³/mol. The highest BCUT2D eigenvalue weighted by molar-refractivity contribution is 6.36. The van der Waals surface area contributed by atoms with E-state index in [4.69, 9.17) is 32.4 Å². The maximum atomic E-state index is 12.7. The number of ether oxygens (including phenoxy) is 1. The van der Waals surface area contributed by atoms with Crippen LogP contribution in [-0.2, 0) is 6.42 Å². The second-order valence-corrected chi connectivity index (χ2v) is 7.52. The lowest BCUT2D eigenvalue weighted by atomic mass is 10.1. The number of anilines is 1. The van der Waals surface area contributed by atoms with Crippen molar-refractivity contribution in [2.24, 2.45) is 0 Å². The summed E-state index contributed by atoms with van der Waals surface area (Å²) < 4.78 is 11.1. The average molecular weight is 441 g/mol. The molecule has 30 heavy (non-hydrogen) atoms. The largest absolute Gasteiger partial charge is 0.494 e. The Morgan fingerprint density at radius 1 is 1.10 bits per heavy atom. The number of hydrogen-bond acceptors (Lipinski definition) is 4. The minimum atomic E-state index is -0.377. The monoisotopic (exact) mass is 440 g/mol. The number of methoxy groups -OCH3 is 1. The molecule has 0 unspecified atom stereocenters. The number of amides is 1. The van der Waals surface area contributed by atoms with Gasteiger partial charge in [-0.1, -0.05) is 36.2 Å². The zero-order valence-corrected chi connectivity index (χ0v) is 17.8. The minimum absolute atomic E-state index is 0.254. The summed E-state index contributed by atoms with van der Waals surface area (Å²) in [5, 5.41) is 3.44. The van der Waals surface area contributed by atoms with Crippen LogP contribution in [0.15, 0.2) is 59.0 Å². The van der Waals surface area contributed by atoms with Gasteiger partial charge in [0.25, 0.3) is 5.91 Å². The zero-order valence-electron chi connectivity index (χ0n) is 16.3. The van der Waals surface area contributed by atoms with Crippen LogP contribution in [0.3, 0.4) is 0 Å². The summed E-state index contributed by atoms with van der Waals surface area (Å²) in [5.74, 6) is 0.422. The van der Waals surface area contributed by atoms with Crippen molar-refractivity contribution in [2.75, 3.05) is 12.4 Å². The van der Waals surface area contributed by atoms with E-state index < -0.39 is 0 Å². The van der Waals surface area contributed by atoms with E-state index in [1.807, 2.05) is 30.3 Å². The number of benzene rings is 3. The third-order valence-corrected chi connectivity index (χ3v) is 5.21. The van der Waals surface area contributed by atoms with Crippen molar-refractivity contribution < 1.29 is 13.9 Å². The Kier molecular flexibility index (Phi) is 5.66. The molecular formula is C23H18Cl2N2O3. The molecule has 1 aromatic heterocycles. The van der Waals surface area contributed by atoms with Crippen LogP contribution in [0.2, 0.25) is 10.0 Å². The van der Waals surface area contributed by atoms with Gasteiger partial charge >= 0.3 is 0 Å². The number of nitrogens with zero attached hydrogens (tertiary/aromatic N) is 1. The summed E-state index contributed by atoms with van der Waals surface area (Å²) in [7, 11) is 1.45. The van der Waals surface area contributed by atoms with E-state index >= 15 is 0 Å². The Labute approximate surface area is 183 Å². The molecule has 4 rings (SSSR count). The average Bonchev–Trinajstić information content (AvgIpc) is 3.17. The Bertz CT molecular complexity index is 1230. The van der Waals surface area contributed by atoms with Gasteiger partial charge in [-0.3, -0.25) is 4.79 Å². The maximum absolute atomic E-state index is 12.7. The van der Waals surface area contributed by atoms with Gasteiger partial charge in [-0.2, -0.15) is 0 Å². The van der Waals surface area contributed by atoms with Gasteiger partial charge in [0.2, 0.25) is 5.89 Å². The third-order valence-electron chi connectivity index (χ3n) is 4.71. The fraction of sp³-hybridized carbons (Fsp3) is 0.130. The summed E-state index contributed by atoms with van der Waals surface area (Å²) in [6.07, 6.45) is 0.940. The first kappa shape index (κ1) is 20.3. The van der Waals surface area contributed by atoms with Gasteiger partial charge in [0.1, 0.15) is 11.3 Å². The van der Waals surface area contributed by atoms with Gasteiger partial charge in [0.05, 0.1) is 17.7 Å². The lowest BCUT2D eigenvalue weighted by molar-refractivity contribution is 0.102. The van der Waals surface area contributed by atoms with Crippen molar-refractivity contribution in [1.29, 1.82) is 0 Å². The summed E-state index contributed by atoms with van der Waals surface area (Å²) >= 11 is 12.1. The molecule has 1 N–H and O–H groups in total. The SMILES string of the molecule is CCc1ccc2oc(-c3ccc(NC(=O)c4cc(Cl)cc(Cl)c4OC)cc3)nc2c1. The quantitative estimate of drug-likeness (QED) is 0.378. The predicted octanol–water partition coefficient (Wildman–Crippen LogP) is 6.62.